The number of halogens is 1. The van der Waals surface area contributed by atoms with E-state index in [9.17, 15) is 13.2 Å². The molecule has 18 heavy (non-hydrogen) atoms. The molecule has 0 saturated heterocycles. The first-order valence-electron chi connectivity index (χ1n) is 5.59. The van der Waals surface area contributed by atoms with Crippen molar-refractivity contribution in [3.63, 3.8) is 0 Å². The third-order valence-electron chi connectivity index (χ3n) is 2.22. The van der Waals surface area contributed by atoms with Crippen LogP contribution in [-0.4, -0.2) is 26.7 Å². The Morgan fingerprint density at radius 1 is 1.39 bits per heavy atom. The average molecular weight is 335 g/mol. The number of benzene rings is 1. The Hall–Kier alpha value is -0.880. The molecule has 1 aromatic carbocycles. The molecule has 0 bridgehead atoms. The molecule has 1 rings (SSSR count). The maximum Gasteiger partial charge on any atom is 0.321 e. The maximum atomic E-state index is 11.9. The third-order valence-corrected chi connectivity index (χ3v) is 4.31. The van der Waals surface area contributed by atoms with Crippen LogP contribution in [0.15, 0.2) is 33.6 Å². The number of rotatable bonds is 6. The van der Waals surface area contributed by atoms with E-state index in [-0.39, 0.29) is 11.5 Å². The Bertz CT molecular complexity index is 511. The summed E-state index contributed by atoms with van der Waals surface area (Å²) < 4.78 is 29.3. The Labute approximate surface area is 115 Å². The van der Waals surface area contributed by atoms with Gasteiger partial charge >= 0.3 is 5.97 Å². The van der Waals surface area contributed by atoms with Gasteiger partial charge in [-0.05, 0) is 24.6 Å². The summed E-state index contributed by atoms with van der Waals surface area (Å²) in [5.41, 5.74) is 0. The predicted molar refractivity (Wildman–Crippen MR) is 72.1 cm³/mol. The number of hydrogen-bond acceptors (Lipinski definition) is 4. The van der Waals surface area contributed by atoms with Gasteiger partial charge in [0, 0.05) is 4.47 Å². The lowest BCUT2D eigenvalue weighted by atomic mass is 10.4. The van der Waals surface area contributed by atoms with E-state index in [1.165, 1.54) is 12.1 Å². The Morgan fingerprint density at radius 2 is 2.11 bits per heavy atom. The van der Waals surface area contributed by atoms with Crippen LogP contribution in [0.25, 0.3) is 0 Å². The van der Waals surface area contributed by atoms with Gasteiger partial charge in [-0.2, -0.15) is 0 Å². The van der Waals surface area contributed by atoms with Crippen LogP contribution in [0.2, 0.25) is 0 Å². The topological polar surface area (TPSA) is 60.4 Å². The first-order chi connectivity index (χ1) is 8.45. The molecule has 0 unspecified atom stereocenters. The second-order valence-electron chi connectivity index (χ2n) is 3.79. The molecule has 0 atom stereocenters. The van der Waals surface area contributed by atoms with Gasteiger partial charge in [-0.1, -0.05) is 35.3 Å². The zero-order chi connectivity index (χ0) is 13.6. The summed E-state index contributed by atoms with van der Waals surface area (Å²) >= 11 is 3.19. The van der Waals surface area contributed by atoms with Crippen LogP contribution < -0.4 is 0 Å². The van der Waals surface area contributed by atoms with Crippen molar-refractivity contribution >= 4 is 31.7 Å². The van der Waals surface area contributed by atoms with Crippen molar-refractivity contribution in [3.8, 4) is 0 Å². The van der Waals surface area contributed by atoms with Gasteiger partial charge in [0.2, 0.25) is 0 Å². The molecule has 4 nitrogen and oxygen atoms in total. The number of carbonyl (C=O) groups excluding carboxylic acids is 1. The Morgan fingerprint density at radius 3 is 2.72 bits per heavy atom. The van der Waals surface area contributed by atoms with E-state index in [0.717, 1.165) is 12.8 Å². The van der Waals surface area contributed by atoms with Gasteiger partial charge in [-0.3, -0.25) is 4.79 Å². The van der Waals surface area contributed by atoms with Gasteiger partial charge in [0.05, 0.1) is 11.5 Å². The highest BCUT2D eigenvalue weighted by Crippen LogP contribution is 2.17. The summed E-state index contributed by atoms with van der Waals surface area (Å²) in [6.45, 7) is 2.23. The smallest absolute Gasteiger partial charge is 0.321 e. The highest BCUT2D eigenvalue weighted by molar-refractivity contribution is 9.10. The van der Waals surface area contributed by atoms with Gasteiger partial charge < -0.3 is 4.74 Å². The van der Waals surface area contributed by atoms with Crippen molar-refractivity contribution in [1.29, 1.82) is 0 Å². The molecule has 1 aromatic rings. The third kappa shape index (κ3) is 4.78. The standard InChI is InChI=1S/C12H15BrO4S/c1-2-3-7-17-12(14)9-18(15,16)11-6-4-5-10(13)8-11/h4-6,8H,2-3,7,9H2,1H3. The molecule has 0 aliphatic carbocycles. The fourth-order valence-electron chi connectivity index (χ4n) is 1.27. The second-order valence-corrected chi connectivity index (χ2v) is 6.70. The van der Waals surface area contributed by atoms with Gasteiger partial charge in [0.15, 0.2) is 15.6 Å². The van der Waals surface area contributed by atoms with Gasteiger partial charge in [0.25, 0.3) is 0 Å². The minimum atomic E-state index is -3.62. The molecule has 100 valence electrons. The van der Waals surface area contributed by atoms with Crippen molar-refractivity contribution in [2.75, 3.05) is 12.4 Å². The van der Waals surface area contributed by atoms with Crippen molar-refractivity contribution in [2.24, 2.45) is 0 Å². The fraction of sp³-hybridized carbons (Fsp3) is 0.417. The number of ether oxygens (including phenoxy) is 1. The molecule has 0 radical (unpaired) electrons. The number of carbonyl (C=O) groups is 1. The molecule has 0 heterocycles. The predicted octanol–water partition coefficient (Wildman–Crippen LogP) is 2.57. The molecule has 0 fully saturated rings. The lowest BCUT2D eigenvalue weighted by Gasteiger charge is -2.05. The van der Waals surface area contributed by atoms with E-state index >= 15 is 0 Å². The fourth-order valence-corrected chi connectivity index (χ4v) is 2.97. The molecule has 0 saturated carbocycles. The molecule has 6 heteroatoms. The summed E-state index contributed by atoms with van der Waals surface area (Å²) in [5, 5.41) is 0. The van der Waals surface area contributed by atoms with E-state index in [1.54, 1.807) is 12.1 Å². The minimum absolute atomic E-state index is 0.115. The van der Waals surface area contributed by atoms with E-state index in [0.29, 0.717) is 4.47 Å². The molecule has 0 aliphatic rings. The van der Waals surface area contributed by atoms with E-state index in [4.69, 9.17) is 4.74 Å². The summed E-state index contributed by atoms with van der Waals surface area (Å²) in [4.78, 5) is 11.5. The SMILES string of the molecule is CCCCOC(=O)CS(=O)(=O)c1cccc(Br)c1. The van der Waals surface area contributed by atoms with Crippen LogP contribution in [-0.2, 0) is 19.4 Å². The highest BCUT2D eigenvalue weighted by atomic mass is 79.9. The zero-order valence-corrected chi connectivity index (χ0v) is 12.5. The van der Waals surface area contributed by atoms with Crippen LogP contribution in [0, 0.1) is 0 Å². The quantitative estimate of drug-likeness (QED) is 0.592. The molecule has 0 amide bonds. The molecule has 0 spiro atoms. The van der Waals surface area contributed by atoms with Crippen LogP contribution in [0.1, 0.15) is 19.8 Å². The van der Waals surface area contributed by atoms with Crippen molar-refractivity contribution in [2.45, 2.75) is 24.7 Å². The Kier molecular flexibility index (Phi) is 5.81. The highest BCUT2D eigenvalue weighted by Gasteiger charge is 2.20. The Balaban J connectivity index is 2.68. The van der Waals surface area contributed by atoms with Crippen molar-refractivity contribution < 1.29 is 17.9 Å². The minimum Gasteiger partial charge on any atom is -0.465 e. The monoisotopic (exact) mass is 334 g/mol. The van der Waals surface area contributed by atoms with Gasteiger partial charge in [-0.25, -0.2) is 8.42 Å². The van der Waals surface area contributed by atoms with Crippen molar-refractivity contribution in [3.05, 3.63) is 28.7 Å². The van der Waals surface area contributed by atoms with Crippen LogP contribution in [0.3, 0.4) is 0 Å². The number of unbranched alkanes of at least 4 members (excludes halogenated alkanes) is 1. The summed E-state index contributed by atoms with van der Waals surface area (Å²) in [6, 6.07) is 6.26. The molecule has 0 aromatic heterocycles. The summed E-state index contributed by atoms with van der Waals surface area (Å²) in [5.74, 6) is -1.32. The van der Waals surface area contributed by atoms with Crippen LogP contribution in [0.5, 0.6) is 0 Å². The molecule has 0 N–H and O–H groups in total. The van der Waals surface area contributed by atoms with E-state index in [2.05, 4.69) is 15.9 Å². The molecular formula is C12H15BrO4S. The summed E-state index contributed by atoms with van der Waals surface area (Å²) in [6.07, 6.45) is 1.63. The first kappa shape index (κ1) is 15.2. The maximum absolute atomic E-state index is 11.9. The largest absolute Gasteiger partial charge is 0.465 e. The van der Waals surface area contributed by atoms with Crippen LogP contribution >= 0.6 is 15.9 Å². The zero-order valence-electron chi connectivity index (χ0n) is 10.1. The molecular weight excluding hydrogens is 320 g/mol. The van der Waals surface area contributed by atoms with Gasteiger partial charge in [-0.15, -0.1) is 0 Å². The average Bonchev–Trinajstić information content (AvgIpc) is 2.28. The van der Waals surface area contributed by atoms with Gasteiger partial charge in [0.1, 0.15) is 0 Å². The lowest BCUT2D eigenvalue weighted by Crippen LogP contribution is -2.19. The van der Waals surface area contributed by atoms with Crippen molar-refractivity contribution in [1.82, 2.24) is 0 Å². The van der Waals surface area contributed by atoms with E-state index in [1.807, 2.05) is 6.92 Å². The van der Waals surface area contributed by atoms with Crippen LogP contribution in [0.4, 0.5) is 0 Å². The number of sulfone groups is 1. The lowest BCUT2D eigenvalue weighted by molar-refractivity contribution is -0.140. The normalized spacial score (nSPS) is 11.2. The summed E-state index contributed by atoms with van der Waals surface area (Å²) in [7, 11) is -3.62. The number of esters is 1. The number of hydrogen-bond donors (Lipinski definition) is 0. The second kappa shape index (κ2) is 6.89. The van der Waals surface area contributed by atoms with E-state index < -0.39 is 21.6 Å². The molecule has 0 aliphatic heterocycles. The first-order valence-corrected chi connectivity index (χ1v) is 8.04.